The minimum atomic E-state index is -3.45. The molecule has 2 aromatic rings. The van der Waals surface area contributed by atoms with Crippen molar-refractivity contribution in [1.82, 2.24) is 9.29 Å². The van der Waals surface area contributed by atoms with Crippen LogP contribution in [-0.2, 0) is 19.6 Å². The van der Waals surface area contributed by atoms with Crippen LogP contribution in [-0.4, -0.2) is 49.4 Å². The molecule has 2 fully saturated rings. The van der Waals surface area contributed by atoms with Crippen molar-refractivity contribution in [2.75, 3.05) is 25.0 Å². The number of fused-ring (bicyclic) bond motifs is 1. The van der Waals surface area contributed by atoms with Crippen molar-refractivity contribution in [3.8, 4) is 0 Å². The molecule has 7 nitrogen and oxygen atoms in total. The van der Waals surface area contributed by atoms with E-state index in [9.17, 15) is 13.2 Å². The lowest BCUT2D eigenvalue weighted by Crippen LogP contribution is -2.27. The Kier molecular flexibility index (Phi) is 5.45. The smallest absolute Gasteiger partial charge is 0.243 e. The van der Waals surface area contributed by atoms with Gasteiger partial charge in [-0.1, -0.05) is 11.3 Å². The molecule has 1 aromatic carbocycles. The standard InChI is InChI=1S/C18H23N3O4S2/c22-17(8-5-13-4-3-11-25-13)20-18-19-15-7-6-14(12-16(15)26-18)27(23,24)21-9-1-2-10-21/h6-7,12-13H,1-5,8-11H2,(H,19,20,22). The summed E-state index contributed by atoms with van der Waals surface area (Å²) in [5.41, 5.74) is 0.690. The van der Waals surface area contributed by atoms with Crippen LogP contribution in [0.15, 0.2) is 23.1 Å². The molecular formula is C18H23N3O4S2. The van der Waals surface area contributed by atoms with Crippen LogP contribution < -0.4 is 5.32 Å². The van der Waals surface area contributed by atoms with E-state index in [1.165, 1.54) is 15.6 Å². The van der Waals surface area contributed by atoms with Gasteiger partial charge in [-0.05, 0) is 50.3 Å². The predicted molar refractivity (Wildman–Crippen MR) is 104 cm³/mol. The van der Waals surface area contributed by atoms with Gasteiger partial charge in [0.05, 0.1) is 21.2 Å². The molecule has 2 aliphatic heterocycles. The molecule has 1 amide bonds. The van der Waals surface area contributed by atoms with Gasteiger partial charge in [-0.3, -0.25) is 4.79 Å². The first-order valence-corrected chi connectivity index (χ1v) is 11.6. The van der Waals surface area contributed by atoms with Gasteiger partial charge in [-0.2, -0.15) is 4.31 Å². The van der Waals surface area contributed by atoms with Gasteiger partial charge in [-0.25, -0.2) is 13.4 Å². The quantitative estimate of drug-likeness (QED) is 0.792. The Labute approximate surface area is 162 Å². The number of amides is 1. The number of benzene rings is 1. The van der Waals surface area contributed by atoms with Crippen LogP contribution in [0.25, 0.3) is 10.2 Å². The Hall–Kier alpha value is -1.55. The number of rotatable bonds is 6. The lowest BCUT2D eigenvalue weighted by atomic mass is 10.1. The second kappa shape index (κ2) is 7.83. The van der Waals surface area contributed by atoms with Crippen LogP contribution in [0, 0.1) is 0 Å². The van der Waals surface area contributed by atoms with Crippen molar-refractivity contribution in [1.29, 1.82) is 0 Å². The second-order valence-electron chi connectivity index (χ2n) is 6.98. The maximum absolute atomic E-state index is 12.7. The van der Waals surface area contributed by atoms with E-state index >= 15 is 0 Å². The Morgan fingerprint density at radius 2 is 2.11 bits per heavy atom. The molecule has 1 unspecified atom stereocenters. The van der Waals surface area contributed by atoms with Gasteiger partial charge in [0.15, 0.2) is 5.13 Å². The molecule has 0 saturated carbocycles. The molecule has 4 rings (SSSR count). The highest BCUT2D eigenvalue weighted by atomic mass is 32.2. The monoisotopic (exact) mass is 409 g/mol. The Bertz CT molecular complexity index is 929. The maximum Gasteiger partial charge on any atom is 0.243 e. The van der Waals surface area contributed by atoms with Crippen LogP contribution >= 0.6 is 11.3 Å². The average Bonchev–Trinajstić information content (AvgIpc) is 3.39. The molecular weight excluding hydrogens is 386 g/mol. The Balaban J connectivity index is 1.45. The number of anilines is 1. The highest BCUT2D eigenvalue weighted by molar-refractivity contribution is 7.89. The predicted octanol–water partition coefficient (Wildman–Crippen LogP) is 2.98. The van der Waals surface area contributed by atoms with Crippen LogP contribution in [0.1, 0.15) is 38.5 Å². The third kappa shape index (κ3) is 4.16. The molecule has 1 atom stereocenters. The lowest BCUT2D eigenvalue weighted by molar-refractivity contribution is -0.116. The summed E-state index contributed by atoms with van der Waals surface area (Å²) in [7, 11) is -3.45. The minimum Gasteiger partial charge on any atom is -0.378 e. The number of hydrogen-bond donors (Lipinski definition) is 1. The van der Waals surface area contributed by atoms with Crippen LogP contribution in [0.2, 0.25) is 0 Å². The average molecular weight is 410 g/mol. The molecule has 0 radical (unpaired) electrons. The largest absolute Gasteiger partial charge is 0.378 e. The van der Waals surface area contributed by atoms with Gasteiger partial charge in [-0.15, -0.1) is 0 Å². The Morgan fingerprint density at radius 3 is 2.85 bits per heavy atom. The summed E-state index contributed by atoms with van der Waals surface area (Å²) < 4.78 is 33.2. The van der Waals surface area contributed by atoms with E-state index in [4.69, 9.17) is 4.74 Å². The van der Waals surface area contributed by atoms with E-state index in [1.807, 2.05) is 0 Å². The van der Waals surface area contributed by atoms with E-state index in [2.05, 4.69) is 10.3 Å². The molecule has 2 saturated heterocycles. The third-order valence-electron chi connectivity index (χ3n) is 5.03. The van der Waals surface area contributed by atoms with Gasteiger partial charge < -0.3 is 10.1 Å². The summed E-state index contributed by atoms with van der Waals surface area (Å²) in [5.74, 6) is -0.0885. The number of ether oxygens (including phenoxy) is 1. The van der Waals surface area contributed by atoms with E-state index in [-0.39, 0.29) is 16.9 Å². The molecule has 1 N–H and O–H groups in total. The number of aromatic nitrogens is 1. The topological polar surface area (TPSA) is 88.6 Å². The molecule has 3 heterocycles. The highest BCUT2D eigenvalue weighted by Crippen LogP contribution is 2.30. The zero-order valence-corrected chi connectivity index (χ0v) is 16.7. The molecule has 146 valence electrons. The summed E-state index contributed by atoms with van der Waals surface area (Å²) in [6.45, 7) is 1.94. The van der Waals surface area contributed by atoms with Crippen LogP contribution in [0.4, 0.5) is 5.13 Å². The van der Waals surface area contributed by atoms with E-state index in [1.54, 1.807) is 18.2 Å². The van der Waals surface area contributed by atoms with Crippen LogP contribution in [0.3, 0.4) is 0 Å². The molecule has 9 heteroatoms. The van der Waals surface area contributed by atoms with Gasteiger partial charge in [0.1, 0.15) is 0 Å². The third-order valence-corrected chi connectivity index (χ3v) is 7.85. The zero-order chi connectivity index (χ0) is 18.9. The van der Waals surface area contributed by atoms with Crippen molar-refractivity contribution >= 4 is 42.6 Å². The summed E-state index contributed by atoms with van der Waals surface area (Å²) in [6, 6.07) is 4.96. The molecule has 0 spiro atoms. The number of nitrogens with one attached hydrogen (secondary N) is 1. The minimum absolute atomic E-state index is 0.0885. The summed E-state index contributed by atoms with van der Waals surface area (Å²) in [4.78, 5) is 16.8. The first-order chi connectivity index (χ1) is 13.0. The second-order valence-corrected chi connectivity index (χ2v) is 9.95. The molecule has 1 aromatic heterocycles. The first-order valence-electron chi connectivity index (χ1n) is 9.34. The molecule has 2 aliphatic rings. The van der Waals surface area contributed by atoms with Crippen molar-refractivity contribution in [2.45, 2.75) is 49.5 Å². The Morgan fingerprint density at radius 1 is 1.30 bits per heavy atom. The van der Waals surface area contributed by atoms with E-state index < -0.39 is 10.0 Å². The van der Waals surface area contributed by atoms with E-state index in [0.717, 1.165) is 43.4 Å². The fourth-order valence-corrected chi connectivity index (χ4v) is 6.08. The molecule has 0 aliphatic carbocycles. The number of carbonyl (C=O) groups excluding carboxylic acids is 1. The number of nitrogens with zero attached hydrogens (tertiary/aromatic N) is 2. The van der Waals surface area contributed by atoms with Crippen molar-refractivity contribution in [3.63, 3.8) is 0 Å². The lowest BCUT2D eigenvalue weighted by Gasteiger charge is -2.15. The normalized spacial score (nSPS) is 21.1. The van der Waals surface area contributed by atoms with Crippen LogP contribution in [0.5, 0.6) is 0 Å². The highest BCUT2D eigenvalue weighted by Gasteiger charge is 2.27. The van der Waals surface area contributed by atoms with Gasteiger partial charge in [0, 0.05) is 26.1 Å². The SMILES string of the molecule is O=C(CCC1CCCO1)Nc1nc2ccc(S(=O)(=O)N3CCCC3)cc2s1. The molecule has 0 bridgehead atoms. The van der Waals surface area contributed by atoms with Gasteiger partial charge in [0.2, 0.25) is 15.9 Å². The first kappa shape index (κ1) is 18.8. The van der Waals surface area contributed by atoms with E-state index in [0.29, 0.717) is 30.2 Å². The maximum atomic E-state index is 12.7. The van der Waals surface area contributed by atoms with Crippen molar-refractivity contribution < 1.29 is 17.9 Å². The fourth-order valence-electron chi connectivity index (χ4n) is 3.54. The number of carbonyl (C=O) groups is 1. The molecule has 27 heavy (non-hydrogen) atoms. The number of thiazole rings is 1. The fraction of sp³-hybridized carbons (Fsp3) is 0.556. The summed E-state index contributed by atoms with van der Waals surface area (Å²) >= 11 is 1.30. The number of hydrogen-bond acceptors (Lipinski definition) is 6. The van der Waals surface area contributed by atoms with Crippen molar-refractivity contribution in [2.24, 2.45) is 0 Å². The zero-order valence-electron chi connectivity index (χ0n) is 15.0. The van der Waals surface area contributed by atoms with Crippen molar-refractivity contribution in [3.05, 3.63) is 18.2 Å². The summed E-state index contributed by atoms with van der Waals surface area (Å²) in [5, 5.41) is 3.32. The number of sulfonamides is 1. The van der Waals surface area contributed by atoms with Gasteiger partial charge >= 0.3 is 0 Å². The van der Waals surface area contributed by atoms with Gasteiger partial charge in [0.25, 0.3) is 0 Å². The summed E-state index contributed by atoms with van der Waals surface area (Å²) in [6.07, 6.45) is 5.19.